The van der Waals surface area contributed by atoms with Gasteiger partial charge in [0, 0.05) is 17.1 Å². The molecule has 3 aromatic rings. The zero-order chi connectivity index (χ0) is 15.0. The van der Waals surface area contributed by atoms with E-state index >= 15 is 0 Å². The smallest absolute Gasteiger partial charge is 0.171 e. The number of Topliss-reactive ketones (excluding diaryl/α,β-unsaturated/α-hetero) is 1. The van der Waals surface area contributed by atoms with E-state index in [4.69, 9.17) is 0 Å². The summed E-state index contributed by atoms with van der Waals surface area (Å²) in [6, 6.07) is 13.7. The maximum Gasteiger partial charge on any atom is 0.171 e. The van der Waals surface area contributed by atoms with Crippen molar-refractivity contribution in [3.8, 4) is 0 Å². The van der Waals surface area contributed by atoms with Gasteiger partial charge in [-0.1, -0.05) is 39.7 Å². The first kappa shape index (κ1) is 14.0. The van der Waals surface area contributed by atoms with Gasteiger partial charge in [0.15, 0.2) is 5.78 Å². The molecule has 0 unspecified atom stereocenters. The quantitative estimate of drug-likeness (QED) is 0.672. The van der Waals surface area contributed by atoms with E-state index in [1.54, 1.807) is 0 Å². The number of fused-ring (bicyclic) bond motifs is 1. The summed E-state index contributed by atoms with van der Waals surface area (Å²) >= 11 is 3.45. The number of para-hydroxylation sites is 2. The first-order valence-corrected chi connectivity index (χ1v) is 7.55. The largest absolute Gasteiger partial charge is 0.331 e. The molecule has 21 heavy (non-hydrogen) atoms. The average Bonchev–Trinajstić information content (AvgIpc) is 2.78. The molecule has 4 heteroatoms. The molecule has 0 aliphatic rings. The number of carbonyl (C=O) groups is 1. The molecule has 0 spiro atoms. The molecule has 0 aliphatic heterocycles. The summed E-state index contributed by atoms with van der Waals surface area (Å²) in [5.74, 6) is 0.860. The van der Waals surface area contributed by atoms with E-state index in [0.29, 0.717) is 12.0 Å². The lowest BCUT2D eigenvalue weighted by Crippen LogP contribution is -2.09. The topological polar surface area (TPSA) is 34.9 Å². The van der Waals surface area contributed by atoms with Crippen molar-refractivity contribution in [3.63, 3.8) is 0 Å². The summed E-state index contributed by atoms with van der Waals surface area (Å²) in [5, 5.41) is 0. The predicted octanol–water partition coefficient (Wildman–Crippen LogP) is 4.07. The summed E-state index contributed by atoms with van der Waals surface area (Å²) in [7, 11) is 1.95. The molecule has 0 N–H and O–H groups in total. The van der Waals surface area contributed by atoms with Crippen LogP contribution in [0.5, 0.6) is 0 Å². The van der Waals surface area contributed by atoms with Crippen LogP contribution in [0.2, 0.25) is 0 Å². The van der Waals surface area contributed by atoms with Gasteiger partial charge in [0.2, 0.25) is 0 Å². The molecule has 0 amide bonds. The minimum absolute atomic E-state index is 0.0731. The monoisotopic (exact) mass is 342 g/mol. The fourth-order valence-corrected chi connectivity index (χ4v) is 2.91. The Bertz CT molecular complexity index is 836. The van der Waals surface area contributed by atoms with E-state index in [9.17, 15) is 4.79 Å². The van der Waals surface area contributed by atoms with Crippen LogP contribution in [-0.2, 0) is 13.5 Å². The van der Waals surface area contributed by atoms with E-state index in [-0.39, 0.29) is 5.78 Å². The standard InChI is InChI=1S/C17H15BrN2O/c1-11-7-8-13(18)12(9-11)16(21)10-17-19-14-5-3-4-6-15(14)20(17)2/h3-9H,10H2,1-2H3. The van der Waals surface area contributed by atoms with Crippen LogP contribution in [0.4, 0.5) is 0 Å². The highest BCUT2D eigenvalue weighted by atomic mass is 79.9. The van der Waals surface area contributed by atoms with Gasteiger partial charge >= 0.3 is 0 Å². The zero-order valence-electron chi connectivity index (χ0n) is 11.9. The average molecular weight is 343 g/mol. The number of nitrogens with zero attached hydrogens (tertiary/aromatic N) is 2. The Labute approximate surface area is 131 Å². The summed E-state index contributed by atoms with van der Waals surface area (Å²) in [4.78, 5) is 17.1. The van der Waals surface area contributed by atoms with Gasteiger partial charge < -0.3 is 4.57 Å². The number of halogens is 1. The lowest BCUT2D eigenvalue weighted by molar-refractivity contribution is 0.0989. The Morgan fingerprint density at radius 2 is 2.00 bits per heavy atom. The minimum Gasteiger partial charge on any atom is -0.331 e. The lowest BCUT2D eigenvalue weighted by atomic mass is 10.1. The molecule has 0 bridgehead atoms. The normalized spacial score (nSPS) is 11.0. The highest BCUT2D eigenvalue weighted by Crippen LogP contribution is 2.21. The van der Waals surface area contributed by atoms with Crippen molar-refractivity contribution in [1.29, 1.82) is 0 Å². The third-order valence-corrected chi connectivity index (χ3v) is 4.31. The van der Waals surface area contributed by atoms with Gasteiger partial charge in [0.05, 0.1) is 17.5 Å². The number of aryl methyl sites for hydroxylation is 2. The van der Waals surface area contributed by atoms with Crippen molar-refractivity contribution in [3.05, 3.63) is 63.9 Å². The number of aromatic nitrogens is 2. The van der Waals surface area contributed by atoms with Gasteiger partial charge in [0.25, 0.3) is 0 Å². The molecule has 0 saturated heterocycles. The van der Waals surface area contributed by atoms with E-state index in [1.807, 2.05) is 61.0 Å². The molecule has 3 rings (SSSR count). The summed E-state index contributed by atoms with van der Waals surface area (Å²) in [6.07, 6.45) is 0.299. The highest BCUT2D eigenvalue weighted by molar-refractivity contribution is 9.10. The molecule has 1 aromatic heterocycles. The van der Waals surface area contributed by atoms with E-state index < -0.39 is 0 Å². The SMILES string of the molecule is Cc1ccc(Br)c(C(=O)Cc2nc3ccccc3n2C)c1. The van der Waals surface area contributed by atoms with Gasteiger partial charge in [-0.25, -0.2) is 4.98 Å². The lowest BCUT2D eigenvalue weighted by Gasteiger charge is -2.05. The summed E-state index contributed by atoms with van der Waals surface area (Å²) in [6.45, 7) is 1.98. The fraction of sp³-hybridized carbons (Fsp3) is 0.176. The number of imidazole rings is 1. The van der Waals surface area contributed by atoms with E-state index in [1.165, 1.54) is 0 Å². The Morgan fingerprint density at radius 1 is 1.24 bits per heavy atom. The van der Waals surface area contributed by atoms with Crippen LogP contribution in [0.15, 0.2) is 46.9 Å². The number of ketones is 1. The van der Waals surface area contributed by atoms with Crippen LogP contribution in [0.1, 0.15) is 21.7 Å². The van der Waals surface area contributed by atoms with Crippen LogP contribution in [0.3, 0.4) is 0 Å². The van der Waals surface area contributed by atoms with Gasteiger partial charge in [-0.05, 0) is 31.2 Å². The van der Waals surface area contributed by atoms with Crippen molar-refractivity contribution in [2.24, 2.45) is 7.05 Å². The third kappa shape index (κ3) is 2.63. The van der Waals surface area contributed by atoms with Crippen LogP contribution in [0.25, 0.3) is 11.0 Å². The molecule has 2 aromatic carbocycles. The van der Waals surface area contributed by atoms with Crippen molar-refractivity contribution < 1.29 is 4.79 Å². The van der Waals surface area contributed by atoms with Crippen molar-refractivity contribution >= 4 is 32.7 Å². The van der Waals surface area contributed by atoms with Gasteiger partial charge in [0.1, 0.15) is 5.82 Å². The molecule has 0 atom stereocenters. The second-order valence-corrected chi connectivity index (χ2v) is 6.01. The Morgan fingerprint density at radius 3 is 2.76 bits per heavy atom. The van der Waals surface area contributed by atoms with Crippen molar-refractivity contribution in [1.82, 2.24) is 9.55 Å². The third-order valence-electron chi connectivity index (χ3n) is 3.62. The molecular weight excluding hydrogens is 328 g/mol. The number of rotatable bonds is 3. The van der Waals surface area contributed by atoms with Crippen LogP contribution < -0.4 is 0 Å². The van der Waals surface area contributed by atoms with Crippen LogP contribution >= 0.6 is 15.9 Å². The van der Waals surface area contributed by atoms with Gasteiger partial charge in [-0.15, -0.1) is 0 Å². The summed E-state index contributed by atoms with van der Waals surface area (Å²) < 4.78 is 2.81. The molecule has 1 heterocycles. The van der Waals surface area contributed by atoms with Gasteiger partial charge in [-0.2, -0.15) is 0 Å². The van der Waals surface area contributed by atoms with Crippen molar-refractivity contribution in [2.45, 2.75) is 13.3 Å². The maximum absolute atomic E-state index is 12.5. The predicted molar refractivity (Wildman–Crippen MR) is 87.6 cm³/mol. The molecule has 0 fully saturated rings. The Kier molecular flexibility index (Phi) is 3.64. The zero-order valence-corrected chi connectivity index (χ0v) is 13.5. The number of hydrogen-bond acceptors (Lipinski definition) is 2. The Balaban J connectivity index is 1.96. The van der Waals surface area contributed by atoms with E-state index in [2.05, 4.69) is 20.9 Å². The molecule has 0 radical (unpaired) electrons. The Hall–Kier alpha value is -1.94. The molecule has 3 nitrogen and oxygen atoms in total. The van der Waals surface area contributed by atoms with Crippen molar-refractivity contribution in [2.75, 3.05) is 0 Å². The van der Waals surface area contributed by atoms with Crippen LogP contribution in [-0.4, -0.2) is 15.3 Å². The maximum atomic E-state index is 12.5. The minimum atomic E-state index is 0.0731. The first-order chi connectivity index (χ1) is 10.1. The fourth-order valence-electron chi connectivity index (χ4n) is 2.45. The number of hydrogen-bond donors (Lipinski definition) is 0. The number of benzene rings is 2. The second kappa shape index (κ2) is 5.45. The summed E-state index contributed by atoms with van der Waals surface area (Å²) in [5.41, 5.74) is 3.75. The molecule has 106 valence electrons. The highest BCUT2D eigenvalue weighted by Gasteiger charge is 2.15. The second-order valence-electron chi connectivity index (χ2n) is 5.16. The van der Waals surface area contributed by atoms with E-state index in [0.717, 1.165) is 26.9 Å². The molecular formula is C17H15BrN2O. The molecule has 0 saturated carbocycles. The number of carbonyl (C=O) groups excluding carboxylic acids is 1. The van der Waals surface area contributed by atoms with Crippen LogP contribution in [0, 0.1) is 6.92 Å². The molecule has 0 aliphatic carbocycles. The van der Waals surface area contributed by atoms with Gasteiger partial charge in [-0.3, -0.25) is 4.79 Å². The first-order valence-electron chi connectivity index (χ1n) is 6.76.